The Hall–Kier alpha value is -2.55. The number of hydrogen-bond donors (Lipinski definition) is 1. The van der Waals surface area contributed by atoms with E-state index in [0.717, 1.165) is 37.0 Å². The lowest BCUT2D eigenvalue weighted by atomic mass is 10.2. The van der Waals surface area contributed by atoms with Crippen molar-refractivity contribution in [2.24, 2.45) is 0 Å². The van der Waals surface area contributed by atoms with Gasteiger partial charge in [0.1, 0.15) is 0 Å². The molecule has 9 heteroatoms. The number of amides is 2. The van der Waals surface area contributed by atoms with E-state index in [-0.39, 0.29) is 17.6 Å². The molecule has 2 aliphatic rings. The van der Waals surface area contributed by atoms with Crippen molar-refractivity contribution in [1.82, 2.24) is 19.7 Å². The molecule has 1 aromatic heterocycles. The Morgan fingerprint density at radius 2 is 1.97 bits per heavy atom. The molecule has 2 fully saturated rings. The van der Waals surface area contributed by atoms with E-state index in [1.165, 1.54) is 29.5 Å². The molecule has 1 aromatic carbocycles. The Kier molecular flexibility index (Phi) is 5.75. The fourth-order valence-electron chi connectivity index (χ4n) is 3.47. The van der Waals surface area contributed by atoms with Gasteiger partial charge in [-0.1, -0.05) is 17.8 Å². The number of rotatable bonds is 7. The van der Waals surface area contributed by atoms with Crippen LogP contribution in [0, 0.1) is 0 Å². The van der Waals surface area contributed by atoms with Crippen LogP contribution < -0.4 is 10.2 Å². The minimum atomic E-state index is -0.127. The van der Waals surface area contributed by atoms with Gasteiger partial charge in [0.2, 0.25) is 11.9 Å². The van der Waals surface area contributed by atoms with Crippen molar-refractivity contribution in [2.75, 3.05) is 43.2 Å². The van der Waals surface area contributed by atoms with E-state index >= 15 is 0 Å². The molecule has 29 heavy (non-hydrogen) atoms. The van der Waals surface area contributed by atoms with Gasteiger partial charge in [-0.3, -0.25) is 14.2 Å². The summed E-state index contributed by atoms with van der Waals surface area (Å²) >= 11 is 1.41. The van der Waals surface area contributed by atoms with Gasteiger partial charge in [0, 0.05) is 44.5 Å². The number of nitrogens with one attached hydrogen (secondary N) is 1. The number of aromatic nitrogens is 3. The van der Waals surface area contributed by atoms with Crippen LogP contribution in [0.3, 0.4) is 0 Å². The maximum atomic E-state index is 12.5. The van der Waals surface area contributed by atoms with Crippen molar-refractivity contribution in [3.63, 3.8) is 0 Å². The van der Waals surface area contributed by atoms with E-state index in [1.807, 2.05) is 0 Å². The Balaban J connectivity index is 1.39. The molecule has 1 saturated heterocycles. The average Bonchev–Trinajstić information content (AvgIpc) is 3.23. The van der Waals surface area contributed by atoms with E-state index in [9.17, 15) is 9.59 Å². The summed E-state index contributed by atoms with van der Waals surface area (Å²) in [5.74, 6) is 0.972. The fraction of sp³-hybridized carbons (Fsp3) is 0.500. The number of benzene rings is 1. The highest BCUT2D eigenvalue weighted by molar-refractivity contribution is 7.99. The number of hydrogen-bond acceptors (Lipinski definition) is 6. The van der Waals surface area contributed by atoms with Crippen LogP contribution in [0.2, 0.25) is 0 Å². The molecule has 0 bridgehead atoms. The predicted molar refractivity (Wildman–Crippen MR) is 114 cm³/mol. The standard InChI is InChI=1S/C20H26N6O2S/c1-24(2)18(28)14-6-5-7-15(12-14)21-17(27)13-29-20-23-22-19(25-10-3-4-11-25)26(20)16-8-9-16/h5-7,12,16H,3-4,8-11,13H2,1-2H3,(H,21,27). The maximum absolute atomic E-state index is 12.5. The molecule has 0 radical (unpaired) electrons. The van der Waals surface area contributed by atoms with Crippen LogP contribution in [0.1, 0.15) is 42.1 Å². The summed E-state index contributed by atoms with van der Waals surface area (Å²) in [7, 11) is 3.41. The lowest BCUT2D eigenvalue weighted by molar-refractivity contribution is -0.113. The smallest absolute Gasteiger partial charge is 0.253 e. The van der Waals surface area contributed by atoms with Gasteiger partial charge >= 0.3 is 0 Å². The SMILES string of the molecule is CN(C)C(=O)c1cccc(NC(=O)CSc2nnc(N3CCCC3)n2C2CC2)c1. The summed E-state index contributed by atoms with van der Waals surface area (Å²) in [5, 5.41) is 12.5. The Labute approximate surface area is 174 Å². The summed E-state index contributed by atoms with van der Waals surface area (Å²) in [6.45, 7) is 2.05. The van der Waals surface area contributed by atoms with E-state index < -0.39 is 0 Å². The van der Waals surface area contributed by atoms with Crippen molar-refractivity contribution >= 4 is 35.2 Å². The van der Waals surface area contributed by atoms with Crippen LogP contribution in [0.15, 0.2) is 29.4 Å². The van der Waals surface area contributed by atoms with E-state index in [4.69, 9.17) is 0 Å². The molecule has 1 aliphatic heterocycles. The van der Waals surface area contributed by atoms with Gasteiger partial charge < -0.3 is 15.1 Å². The van der Waals surface area contributed by atoms with Crippen molar-refractivity contribution in [2.45, 2.75) is 36.9 Å². The third kappa shape index (κ3) is 4.55. The highest BCUT2D eigenvalue weighted by Gasteiger charge is 2.32. The Morgan fingerprint density at radius 3 is 2.66 bits per heavy atom. The number of nitrogens with zero attached hydrogens (tertiary/aromatic N) is 5. The summed E-state index contributed by atoms with van der Waals surface area (Å²) in [6, 6.07) is 7.45. The zero-order valence-corrected chi connectivity index (χ0v) is 17.6. The van der Waals surface area contributed by atoms with Gasteiger partial charge in [-0.15, -0.1) is 10.2 Å². The zero-order valence-electron chi connectivity index (χ0n) is 16.8. The van der Waals surface area contributed by atoms with Crippen molar-refractivity contribution in [1.29, 1.82) is 0 Å². The zero-order chi connectivity index (χ0) is 20.4. The number of carbonyl (C=O) groups is 2. The minimum absolute atomic E-state index is 0.0950. The molecule has 1 aliphatic carbocycles. The van der Waals surface area contributed by atoms with Gasteiger partial charge in [-0.05, 0) is 43.9 Å². The van der Waals surface area contributed by atoms with Gasteiger partial charge in [0.25, 0.3) is 5.91 Å². The number of thioether (sulfide) groups is 1. The summed E-state index contributed by atoms with van der Waals surface area (Å²) in [5.41, 5.74) is 1.16. The van der Waals surface area contributed by atoms with Crippen molar-refractivity contribution < 1.29 is 9.59 Å². The molecule has 2 amide bonds. The highest BCUT2D eigenvalue weighted by Crippen LogP contribution is 2.41. The molecule has 154 valence electrons. The van der Waals surface area contributed by atoms with Crippen LogP contribution in [0.25, 0.3) is 0 Å². The third-order valence-corrected chi connectivity index (χ3v) is 6.02. The molecular weight excluding hydrogens is 388 g/mol. The summed E-state index contributed by atoms with van der Waals surface area (Å²) < 4.78 is 2.21. The fourth-order valence-corrected chi connectivity index (χ4v) is 4.27. The molecule has 4 rings (SSSR count). The number of carbonyl (C=O) groups excluding carboxylic acids is 2. The first kappa shape index (κ1) is 19.8. The highest BCUT2D eigenvalue weighted by atomic mass is 32.2. The van der Waals surface area contributed by atoms with Crippen LogP contribution in [0.5, 0.6) is 0 Å². The first-order chi connectivity index (χ1) is 14.0. The second kappa shape index (κ2) is 8.44. The van der Waals surface area contributed by atoms with Crippen LogP contribution >= 0.6 is 11.8 Å². The molecule has 0 spiro atoms. The second-order valence-corrected chi connectivity index (χ2v) is 8.64. The van der Waals surface area contributed by atoms with E-state index in [1.54, 1.807) is 38.4 Å². The largest absolute Gasteiger partial charge is 0.345 e. The molecule has 1 N–H and O–H groups in total. The van der Waals surface area contributed by atoms with Gasteiger partial charge in [-0.25, -0.2) is 0 Å². The van der Waals surface area contributed by atoms with Gasteiger partial charge in [0.05, 0.1) is 5.75 Å². The first-order valence-electron chi connectivity index (χ1n) is 9.97. The average molecular weight is 415 g/mol. The topological polar surface area (TPSA) is 83.4 Å². The molecule has 2 heterocycles. The van der Waals surface area contributed by atoms with Gasteiger partial charge in [-0.2, -0.15) is 0 Å². The van der Waals surface area contributed by atoms with Crippen molar-refractivity contribution in [3.8, 4) is 0 Å². The monoisotopic (exact) mass is 414 g/mol. The first-order valence-corrected chi connectivity index (χ1v) is 11.0. The Bertz CT molecular complexity index is 902. The molecule has 1 saturated carbocycles. The molecule has 2 aromatic rings. The predicted octanol–water partition coefficient (Wildman–Crippen LogP) is 2.65. The minimum Gasteiger partial charge on any atom is -0.345 e. The molecule has 8 nitrogen and oxygen atoms in total. The van der Waals surface area contributed by atoms with E-state index in [0.29, 0.717) is 17.3 Å². The van der Waals surface area contributed by atoms with Crippen LogP contribution in [-0.4, -0.2) is 64.4 Å². The van der Waals surface area contributed by atoms with Crippen LogP contribution in [0.4, 0.5) is 11.6 Å². The van der Waals surface area contributed by atoms with Crippen LogP contribution in [-0.2, 0) is 4.79 Å². The lowest BCUT2D eigenvalue weighted by Gasteiger charge is -2.17. The quantitative estimate of drug-likeness (QED) is 0.702. The summed E-state index contributed by atoms with van der Waals surface area (Å²) in [6.07, 6.45) is 4.67. The summed E-state index contributed by atoms with van der Waals surface area (Å²) in [4.78, 5) is 28.4. The Morgan fingerprint density at radius 1 is 1.21 bits per heavy atom. The van der Waals surface area contributed by atoms with Gasteiger partial charge in [0.15, 0.2) is 5.16 Å². The molecular formula is C20H26N6O2S. The van der Waals surface area contributed by atoms with E-state index in [2.05, 4.69) is 25.0 Å². The second-order valence-electron chi connectivity index (χ2n) is 7.70. The normalized spacial score (nSPS) is 16.1. The van der Waals surface area contributed by atoms with Crippen molar-refractivity contribution in [3.05, 3.63) is 29.8 Å². The third-order valence-electron chi connectivity index (χ3n) is 5.08. The maximum Gasteiger partial charge on any atom is 0.253 e. The lowest BCUT2D eigenvalue weighted by Crippen LogP contribution is -2.22. The number of anilines is 2. The molecule has 0 atom stereocenters. The molecule has 0 unspecified atom stereocenters.